The van der Waals surface area contributed by atoms with Crippen LogP contribution in [0.1, 0.15) is 13.8 Å². The van der Waals surface area contributed by atoms with Crippen molar-refractivity contribution in [2.75, 3.05) is 32.7 Å². The minimum absolute atomic E-state index is 0.0117. The second kappa shape index (κ2) is 7.62. The number of hydrogen-bond acceptors (Lipinski definition) is 5. The third-order valence-corrected chi connectivity index (χ3v) is 4.44. The number of aliphatic carboxylic acids is 1. The van der Waals surface area contributed by atoms with Gasteiger partial charge in [0.05, 0.1) is 25.6 Å². The first-order chi connectivity index (χ1) is 7.83. The summed E-state index contributed by atoms with van der Waals surface area (Å²) in [6.45, 7) is 3.81. The molecule has 0 rings (SSSR count). The molecule has 0 aromatic heterocycles. The van der Waals surface area contributed by atoms with E-state index in [9.17, 15) is 13.2 Å². The minimum atomic E-state index is -3.67. The van der Waals surface area contributed by atoms with E-state index in [0.29, 0.717) is 13.2 Å². The first kappa shape index (κ1) is 16.3. The largest absolute Gasteiger partial charge is 0.480 e. The molecule has 0 aliphatic carbocycles. The van der Waals surface area contributed by atoms with Crippen molar-refractivity contribution in [2.45, 2.75) is 19.1 Å². The van der Waals surface area contributed by atoms with Crippen LogP contribution < -0.4 is 0 Å². The van der Waals surface area contributed by atoms with Gasteiger partial charge in [0.2, 0.25) is 0 Å². The zero-order chi connectivity index (χ0) is 13.5. The van der Waals surface area contributed by atoms with E-state index in [0.717, 1.165) is 0 Å². The van der Waals surface area contributed by atoms with Crippen molar-refractivity contribution < 1.29 is 27.8 Å². The molecule has 1 atom stereocenters. The van der Waals surface area contributed by atoms with Crippen LogP contribution in [0.2, 0.25) is 0 Å². The smallest absolute Gasteiger partial charge is 0.322 e. The van der Waals surface area contributed by atoms with Gasteiger partial charge in [-0.25, -0.2) is 8.42 Å². The van der Waals surface area contributed by atoms with Crippen molar-refractivity contribution >= 4 is 15.8 Å². The Labute approximate surface area is 102 Å². The summed E-state index contributed by atoms with van der Waals surface area (Å²) in [6.07, 6.45) is 0. The summed E-state index contributed by atoms with van der Waals surface area (Å²) < 4.78 is 33.3. The molecule has 0 aliphatic heterocycles. The molecule has 0 bridgehead atoms. The van der Waals surface area contributed by atoms with Gasteiger partial charge in [0.25, 0.3) is 0 Å². The number of sulfone groups is 1. The molecule has 0 spiro atoms. The maximum Gasteiger partial charge on any atom is 0.322 e. The van der Waals surface area contributed by atoms with Crippen LogP contribution in [0.25, 0.3) is 0 Å². The standard InChI is InChI=1S/C10H20O6S/c1-8(2)9(10(11)12)17(13,14)7-6-16-5-4-15-3/h8-9H,4-7H2,1-3H3,(H,11,12). The Morgan fingerprint density at radius 2 is 1.82 bits per heavy atom. The second-order valence-electron chi connectivity index (χ2n) is 3.98. The van der Waals surface area contributed by atoms with E-state index in [2.05, 4.69) is 0 Å². The third kappa shape index (κ3) is 5.99. The number of methoxy groups -OCH3 is 1. The normalized spacial score (nSPS) is 13.9. The molecule has 0 aromatic carbocycles. The SMILES string of the molecule is COCCOCCS(=O)(=O)C(C(=O)O)C(C)C. The molecular formula is C10H20O6S. The Morgan fingerprint density at radius 1 is 1.24 bits per heavy atom. The van der Waals surface area contributed by atoms with Crippen LogP contribution in [-0.2, 0) is 24.1 Å². The summed E-state index contributed by atoms with van der Waals surface area (Å²) in [5.74, 6) is -2.06. The van der Waals surface area contributed by atoms with E-state index >= 15 is 0 Å². The van der Waals surface area contributed by atoms with Crippen LogP contribution in [-0.4, -0.2) is 57.4 Å². The molecular weight excluding hydrogens is 248 g/mol. The third-order valence-electron chi connectivity index (χ3n) is 2.18. The highest BCUT2D eigenvalue weighted by Gasteiger charge is 2.34. The van der Waals surface area contributed by atoms with Crippen molar-refractivity contribution in [1.29, 1.82) is 0 Å². The lowest BCUT2D eigenvalue weighted by Gasteiger charge is -2.16. The topological polar surface area (TPSA) is 89.9 Å². The van der Waals surface area contributed by atoms with E-state index in [1.54, 1.807) is 13.8 Å². The van der Waals surface area contributed by atoms with Crippen LogP contribution >= 0.6 is 0 Å². The van der Waals surface area contributed by atoms with Crippen LogP contribution in [0.4, 0.5) is 0 Å². The molecule has 17 heavy (non-hydrogen) atoms. The Hall–Kier alpha value is -0.660. The zero-order valence-corrected chi connectivity index (χ0v) is 11.2. The summed E-state index contributed by atoms with van der Waals surface area (Å²) in [7, 11) is -2.16. The van der Waals surface area contributed by atoms with Crippen LogP contribution in [0.5, 0.6) is 0 Å². The van der Waals surface area contributed by atoms with Crippen molar-refractivity contribution in [1.82, 2.24) is 0 Å². The fraction of sp³-hybridized carbons (Fsp3) is 0.900. The highest BCUT2D eigenvalue weighted by atomic mass is 32.2. The predicted octanol–water partition coefficient (Wildman–Crippen LogP) is 0.173. The average molecular weight is 268 g/mol. The summed E-state index contributed by atoms with van der Waals surface area (Å²) in [6, 6.07) is 0. The number of rotatable bonds is 9. The lowest BCUT2D eigenvalue weighted by atomic mass is 10.1. The number of hydrogen-bond donors (Lipinski definition) is 1. The van der Waals surface area contributed by atoms with Crippen molar-refractivity contribution in [2.24, 2.45) is 5.92 Å². The van der Waals surface area contributed by atoms with Crippen LogP contribution in [0, 0.1) is 5.92 Å². The summed E-state index contributed by atoms with van der Waals surface area (Å²) >= 11 is 0. The van der Waals surface area contributed by atoms with E-state index < -0.39 is 27.0 Å². The van der Waals surface area contributed by atoms with Crippen LogP contribution in [0.3, 0.4) is 0 Å². The van der Waals surface area contributed by atoms with Crippen molar-refractivity contribution in [3.8, 4) is 0 Å². The van der Waals surface area contributed by atoms with Gasteiger partial charge in [0.1, 0.15) is 0 Å². The number of carbonyl (C=O) groups is 1. The molecule has 0 radical (unpaired) electrons. The average Bonchev–Trinajstić information content (AvgIpc) is 2.15. The molecule has 0 fully saturated rings. The Bertz CT molecular complexity index is 322. The number of ether oxygens (including phenoxy) is 2. The van der Waals surface area contributed by atoms with Gasteiger partial charge in [-0.3, -0.25) is 4.79 Å². The van der Waals surface area contributed by atoms with Crippen molar-refractivity contribution in [3.63, 3.8) is 0 Å². The van der Waals surface area contributed by atoms with Gasteiger partial charge in [-0.05, 0) is 5.92 Å². The highest BCUT2D eigenvalue weighted by molar-refractivity contribution is 7.92. The molecule has 0 aliphatic rings. The Balaban J connectivity index is 4.30. The van der Waals surface area contributed by atoms with E-state index in [1.807, 2.05) is 0 Å². The zero-order valence-electron chi connectivity index (χ0n) is 10.4. The first-order valence-corrected chi connectivity index (χ1v) is 7.05. The minimum Gasteiger partial charge on any atom is -0.480 e. The molecule has 0 saturated heterocycles. The molecule has 0 aromatic rings. The fourth-order valence-electron chi connectivity index (χ4n) is 1.40. The Morgan fingerprint density at radius 3 is 2.24 bits per heavy atom. The van der Waals surface area contributed by atoms with Gasteiger partial charge >= 0.3 is 5.97 Å². The summed E-state index contributed by atoms with van der Waals surface area (Å²) in [4.78, 5) is 10.9. The van der Waals surface area contributed by atoms with E-state index in [-0.39, 0.29) is 12.4 Å². The molecule has 102 valence electrons. The molecule has 0 heterocycles. The van der Waals surface area contributed by atoms with Crippen molar-refractivity contribution in [3.05, 3.63) is 0 Å². The highest BCUT2D eigenvalue weighted by Crippen LogP contribution is 2.13. The molecule has 1 unspecified atom stereocenters. The lowest BCUT2D eigenvalue weighted by Crippen LogP contribution is -2.37. The molecule has 7 heteroatoms. The summed E-state index contributed by atoms with van der Waals surface area (Å²) in [5.41, 5.74) is 0. The first-order valence-electron chi connectivity index (χ1n) is 5.34. The van der Waals surface area contributed by atoms with Gasteiger partial charge in [-0.15, -0.1) is 0 Å². The van der Waals surface area contributed by atoms with Gasteiger partial charge in [0, 0.05) is 7.11 Å². The molecule has 1 N–H and O–H groups in total. The maximum absolute atomic E-state index is 11.8. The molecule has 6 nitrogen and oxygen atoms in total. The maximum atomic E-state index is 11.8. The fourth-order valence-corrected chi connectivity index (χ4v) is 3.14. The Kier molecular flexibility index (Phi) is 7.33. The van der Waals surface area contributed by atoms with Gasteiger partial charge < -0.3 is 14.6 Å². The van der Waals surface area contributed by atoms with E-state index in [4.69, 9.17) is 14.6 Å². The quantitative estimate of drug-likeness (QED) is 0.600. The predicted molar refractivity (Wildman–Crippen MR) is 62.7 cm³/mol. The molecule has 0 saturated carbocycles. The van der Waals surface area contributed by atoms with Crippen LogP contribution in [0.15, 0.2) is 0 Å². The van der Waals surface area contributed by atoms with Gasteiger partial charge in [0.15, 0.2) is 15.1 Å². The monoisotopic (exact) mass is 268 g/mol. The second-order valence-corrected chi connectivity index (χ2v) is 6.22. The molecule has 0 amide bonds. The lowest BCUT2D eigenvalue weighted by molar-refractivity contribution is -0.137. The number of carboxylic acids is 1. The number of carboxylic acid groups (broad SMARTS) is 1. The van der Waals surface area contributed by atoms with Gasteiger partial charge in [-0.1, -0.05) is 13.8 Å². The summed E-state index contributed by atoms with van der Waals surface area (Å²) in [5, 5.41) is 7.51. The van der Waals surface area contributed by atoms with E-state index in [1.165, 1.54) is 7.11 Å². The van der Waals surface area contributed by atoms with Gasteiger partial charge in [-0.2, -0.15) is 0 Å².